The second-order valence-corrected chi connectivity index (χ2v) is 6.32. The van der Waals surface area contributed by atoms with Crippen molar-refractivity contribution in [3.8, 4) is 0 Å². The smallest absolute Gasteiger partial charge is 0.329 e. The predicted octanol–water partition coefficient (Wildman–Crippen LogP) is 3.50. The number of ketones is 1. The van der Waals surface area contributed by atoms with E-state index >= 15 is 0 Å². The molecular formula is C18H30BO5S. The molecule has 1 aromatic rings. The van der Waals surface area contributed by atoms with Crippen molar-refractivity contribution in [3.05, 3.63) is 29.8 Å². The van der Waals surface area contributed by atoms with Crippen LogP contribution < -0.4 is 0 Å². The van der Waals surface area contributed by atoms with Crippen molar-refractivity contribution < 1.29 is 24.5 Å². The van der Waals surface area contributed by atoms with E-state index < -0.39 is 11.6 Å². The maximum Gasteiger partial charge on any atom is 0.329 e. The molecule has 5 nitrogen and oxygen atoms in total. The van der Waals surface area contributed by atoms with Crippen LogP contribution in [0, 0.1) is 0 Å². The van der Waals surface area contributed by atoms with Crippen molar-refractivity contribution in [2.24, 2.45) is 0 Å². The van der Waals surface area contributed by atoms with Crippen LogP contribution >= 0.6 is 11.8 Å². The Bertz CT molecular complexity index is 501. The lowest BCUT2D eigenvalue weighted by Gasteiger charge is -2.19. The Hall–Kier alpha value is -1.31. The molecule has 0 amide bonds. The van der Waals surface area contributed by atoms with E-state index in [1.807, 2.05) is 18.4 Å². The van der Waals surface area contributed by atoms with Crippen LogP contribution in [0.1, 0.15) is 51.9 Å². The molecule has 7 heteroatoms. The lowest BCUT2D eigenvalue weighted by atomic mass is 9.92. The fourth-order valence-electron chi connectivity index (χ4n) is 1.45. The predicted molar refractivity (Wildman–Crippen MR) is 105 cm³/mol. The molecule has 0 heterocycles. The summed E-state index contributed by atoms with van der Waals surface area (Å²) in [4.78, 5) is 22.7. The molecule has 0 bridgehead atoms. The highest BCUT2D eigenvalue weighted by Gasteiger charge is 2.28. The standard InChI is InChI=1S/C12H16O2S.C5H10O3.CH4.B/c1-4-12(2,14)11(13)9-5-7-10(15-3)8-6-9;1-4(2)8-3-5(6)7;;/h5-8,14H,4H2,1-3H3;4H,3H2,1-2H3,(H,6,7);1H4;/t12-;;;/m0.../s1. The normalized spacial score (nSPS) is 12.0. The second kappa shape index (κ2) is 13.9. The number of carbonyl (C=O) groups excluding carboxylic acids is 1. The van der Waals surface area contributed by atoms with E-state index in [1.165, 1.54) is 0 Å². The first-order chi connectivity index (χ1) is 10.6. The molecule has 0 aliphatic heterocycles. The third kappa shape index (κ3) is 11.8. The van der Waals surface area contributed by atoms with Crippen LogP contribution in [0.2, 0.25) is 0 Å². The molecule has 3 radical (unpaired) electrons. The number of Topliss-reactive ketones (excluding diaryl/α,β-unsaturated/α-hetero) is 1. The molecule has 1 atom stereocenters. The van der Waals surface area contributed by atoms with Crippen molar-refractivity contribution in [2.45, 2.75) is 58.1 Å². The molecule has 0 fully saturated rings. The Morgan fingerprint density at radius 1 is 1.24 bits per heavy atom. The van der Waals surface area contributed by atoms with Crippen LogP contribution in [0.3, 0.4) is 0 Å². The molecule has 141 valence electrons. The van der Waals surface area contributed by atoms with E-state index in [-0.39, 0.29) is 34.3 Å². The van der Waals surface area contributed by atoms with Gasteiger partial charge in [0.15, 0.2) is 5.78 Å². The van der Waals surface area contributed by atoms with Crippen LogP contribution in [-0.4, -0.2) is 54.9 Å². The Kier molecular flexibility index (Phi) is 15.9. The minimum Gasteiger partial charge on any atom is -0.480 e. The lowest BCUT2D eigenvalue weighted by molar-refractivity contribution is -0.143. The van der Waals surface area contributed by atoms with E-state index in [0.29, 0.717) is 12.0 Å². The number of carboxylic acid groups (broad SMARTS) is 1. The Labute approximate surface area is 157 Å². The maximum atomic E-state index is 11.8. The van der Waals surface area contributed by atoms with Crippen LogP contribution in [0.5, 0.6) is 0 Å². The third-order valence-electron chi connectivity index (χ3n) is 3.07. The zero-order valence-corrected chi connectivity index (χ0v) is 15.7. The zero-order chi connectivity index (χ0) is 18.0. The molecule has 0 aliphatic rings. The first-order valence-electron chi connectivity index (χ1n) is 7.38. The van der Waals surface area contributed by atoms with E-state index in [9.17, 15) is 14.7 Å². The Balaban J connectivity index is -0.000000421. The highest BCUT2D eigenvalue weighted by Crippen LogP contribution is 2.20. The van der Waals surface area contributed by atoms with Crippen LogP contribution in [0.4, 0.5) is 0 Å². The van der Waals surface area contributed by atoms with Gasteiger partial charge in [-0.3, -0.25) is 4.79 Å². The van der Waals surface area contributed by atoms with E-state index in [1.54, 1.807) is 51.6 Å². The molecular weight excluding hydrogens is 339 g/mol. The van der Waals surface area contributed by atoms with Gasteiger partial charge in [-0.05, 0) is 45.6 Å². The first kappa shape index (κ1) is 28.5. The number of benzene rings is 1. The number of aliphatic hydroxyl groups is 1. The van der Waals surface area contributed by atoms with Crippen molar-refractivity contribution >= 4 is 31.9 Å². The zero-order valence-electron chi connectivity index (χ0n) is 14.9. The molecule has 0 spiro atoms. The molecule has 0 saturated carbocycles. The van der Waals surface area contributed by atoms with Gasteiger partial charge in [-0.2, -0.15) is 0 Å². The number of carbonyl (C=O) groups is 2. The molecule has 0 aliphatic carbocycles. The number of carboxylic acids is 1. The minimum atomic E-state index is -1.25. The van der Waals surface area contributed by atoms with E-state index in [0.717, 1.165) is 4.90 Å². The average Bonchev–Trinajstić information content (AvgIpc) is 2.53. The molecule has 1 rings (SSSR count). The molecule has 25 heavy (non-hydrogen) atoms. The highest BCUT2D eigenvalue weighted by atomic mass is 32.2. The van der Waals surface area contributed by atoms with E-state index in [2.05, 4.69) is 0 Å². The van der Waals surface area contributed by atoms with Gasteiger partial charge >= 0.3 is 5.97 Å². The van der Waals surface area contributed by atoms with Crippen LogP contribution in [-0.2, 0) is 9.53 Å². The monoisotopic (exact) mass is 369 g/mol. The van der Waals surface area contributed by atoms with E-state index in [4.69, 9.17) is 9.84 Å². The van der Waals surface area contributed by atoms with Gasteiger partial charge in [-0.15, -0.1) is 11.8 Å². The van der Waals surface area contributed by atoms with Gasteiger partial charge in [0, 0.05) is 18.9 Å². The Morgan fingerprint density at radius 3 is 2.00 bits per heavy atom. The van der Waals surface area contributed by atoms with Crippen molar-refractivity contribution in [2.75, 3.05) is 12.9 Å². The maximum absolute atomic E-state index is 11.8. The summed E-state index contributed by atoms with van der Waals surface area (Å²) in [5.41, 5.74) is -0.680. The SMILES string of the molecule is C.CC(C)OCC(=O)O.CC[C@](C)(O)C(=O)c1ccc(SC)cc1.[B]. The largest absolute Gasteiger partial charge is 0.480 e. The van der Waals surface area contributed by atoms with Gasteiger partial charge < -0.3 is 14.9 Å². The van der Waals surface area contributed by atoms with Gasteiger partial charge in [-0.25, -0.2) is 4.79 Å². The summed E-state index contributed by atoms with van der Waals surface area (Å²) in [6.45, 7) is 6.75. The number of ether oxygens (including phenoxy) is 1. The summed E-state index contributed by atoms with van der Waals surface area (Å²) >= 11 is 1.63. The van der Waals surface area contributed by atoms with Crippen molar-refractivity contribution in [1.29, 1.82) is 0 Å². The number of hydrogen-bond acceptors (Lipinski definition) is 5. The molecule has 0 saturated heterocycles. The fourth-order valence-corrected chi connectivity index (χ4v) is 1.86. The van der Waals surface area contributed by atoms with Gasteiger partial charge in [0.1, 0.15) is 12.2 Å². The molecule has 0 aromatic heterocycles. The number of aliphatic carboxylic acids is 1. The minimum absolute atomic E-state index is 0. The number of thioether (sulfide) groups is 1. The summed E-state index contributed by atoms with van der Waals surface area (Å²) in [6.07, 6.45) is 2.42. The fraction of sp³-hybridized carbons (Fsp3) is 0.556. The summed E-state index contributed by atoms with van der Waals surface area (Å²) in [5.74, 6) is -1.13. The summed E-state index contributed by atoms with van der Waals surface area (Å²) in [5, 5.41) is 17.9. The van der Waals surface area contributed by atoms with Gasteiger partial charge in [0.05, 0.1) is 6.10 Å². The molecule has 2 N–H and O–H groups in total. The molecule has 1 aromatic carbocycles. The highest BCUT2D eigenvalue weighted by molar-refractivity contribution is 7.98. The van der Waals surface area contributed by atoms with Crippen LogP contribution in [0.25, 0.3) is 0 Å². The van der Waals surface area contributed by atoms with Crippen molar-refractivity contribution in [1.82, 2.24) is 0 Å². The van der Waals surface area contributed by atoms with Gasteiger partial charge in [0.2, 0.25) is 0 Å². The number of hydrogen-bond donors (Lipinski definition) is 2. The van der Waals surface area contributed by atoms with Gasteiger partial charge in [-0.1, -0.05) is 26.5 Å². The molecule has 0 unspecified atom stereocenters. The summed E-state index contributed by atoms with van der Waals surface area (Å²) in [6, 6.07) is 7.31. The van der Waals surface area contributed by atoms with Crippen LogP contribution in [0.15, 0.2) is 29.2 Å². The summed E-state index contributed by atoms with van der Waals surface area (Å²) < 4.78 is 4.70. The number of rotatable bonds is 7. The average molecular weight is 369 g/mol. The quantitative estimate of drug-likeness (QED) is 0.435. The van der Waals surface area contributed by atoms with Crippen molar-refractivity contribution in [3.63, 3.8) is 0 Å². The second-order valence-electron chi connectivity index (χ2n) is 5.44. The first-order valence-corrected chi connectivity index (χ1v) is 8.61. The Morgan fingerprint density at radius 2 is 1.72 bits per heavy atom. The lowest BCUT2D eigenvalue weighted by Crippen LogP contribution is -2.34. The third-order valence-corrected chi connectivity index (χ3v) is 3.81. The van der Waals surface area contributed by atoms with Gasteiger partial charge in [0.25, 0.3) is 0 Å². The topological polar surface area (TPSA) is 83.8 Å². The summed E-state index contributed by atoms with van der Waals surface area (Å²) in [7, 11) is 0.